The van der Waals surface area contributed by atoms with E-state index >= 15 is 0 Å². The second-order valence-electron chi connectivity index (χ2n) is 7.70. The van der Waals surface area contributed by atoms with Crippen LogP contribution in [0.4, 0.5) is 0 Å². The molecule has 4 heterocycles. The van der Waals surface area contributed by atoms with Crippen molar-refractivity contribution >= 4 is 39.1 Å². The lowest BCUT2D eigenvalue weighted by atomic mass is 10.2. The first kappa shape index (κ1) is 20.2. The Morgan fingerprint density at radius 2 is 1.84 bits per heavy atom. The third-order valence-electron chi connectivity index (χ3n) is 5.65. The van der Waals surface area contributed by atoms with Gasteiger partial charge in [0.1, 0.15) is 4.83 Å². The fraction of sp³-hybridized carbons (Fsp3) is 0.261. The standard InChI is InChI=1S/C23H22ClN5OS/c1-16-18-14-21(31-23(18)29(26-16)20-5-3-2-4-19(20)24)22(30)28-12-10-27(11-13-28)15-17-6-8-25-9-7-17/h2-9,14H,10-13,15H2,1H3. The van der Waals surface area contributed by atoms with Gasteiger partial charge in [0.25, 0.3) is 5.91 Å². The summed E-state index contributed by atoms with van der Waals surface area (Å²) in [6.45, 7) is 6.05. The minimum absolute atomic E-state index is 0.0925. The monoisotopic (exact) mass is 451 g/mol. The lowest BCUT2D eigenvalue weighted by Gasteiger charge is -2.34. The van der Waals surface area contributed by atoms with Crippen molar-refractivity contribution in [1.82, 2.24) is 24.6 Å². The van der Waals surface area contributed by atoms with Crippen LogP contribution in [0.3, 0.4) is 0 Å². The van der Waals surface area contributed by atoms with Crippen LogP contribution in [-0.4, -0.2) is 56.7 Å². The Hall–Kier alpha value is -2.74. The molecule has 0 N–H and O–H groups in total. The molecule has 1 aromatic carbocycles. The summed E-state index contributed by atoms with van der Waals surface area (Å²) in [5, 5.41) is 6.29. The SMILES string of the molecule is Cc1nn(-c2ccccc2Cl)c2sc(C(=O)N3CCN(Cc4ccncc4)CC3)cc12. The van der Waals surface area contributed by atoms with Crippen LogP contribution in [0.15, 0.2) is 54.9 Å². The van der Waals surface area contributed by atoms with Gasteiger partial charge in [0.05, 0.1) is 21.3 Å². The zero-order valence-electron chi connectivity index (χ0n) is 17.2. The van der Waals surface area contributed by atoms with Gasteiger partial charge in [0, 0.05) is 50.5 Å². The Labute approximate surface area is 189 Å². The van der Waals surface area contributed by atoms with E-state index in [0.717, 1.165) is 59.2 Å². The van der Waals surface area contributed by atoms with E-state index in [4.69, 9.17) is 11.6 Å². The van der Waals surface area contributed by atoms with Gasteiger partial charge in [-0.2, -0.15) is 5.10 Å². The molecule has 5 rings (SSSR count). The zero-order valence-corrected chi connectivity index (χ0v) is 18.7. The first-order valence-corrected chi connectivity index (χ1v) is 11.4. The molecular formula is C23H22ClN5OS. The van der Waals surface area contributed by atoms with Crippen LogP contribution >= 0.6 is 22.9 Å². The van der Waals surface area contributed by atoms with Gasteiger partial charge in [-0.1, -0.05) is 23.7 Å². The number of amides is 1. The number of thiophene rings is 1. The average molecular weight is 452 g/mol. The predicted molar refractivity (Wildman–Crippen MR) is 124 cm³/mol. The second kappa shape index (κ2) is 8.42. The normalized spacial score (nSPS) is 15.0. The van der Waals surface area contributed by atoms with Gasteiger partial charge >= 0.3 is 0 Å². The molecule has 0 unspecified atom stereocenters. The van der Waals surface area contributed by atoms with Crippen molar-refractivity contribution in [1.29, 1.82) is 0 Å². The van der Waals surface area contributed by atoms with Crippen LogP contribution in [0, 0.1) is 6.92 Å². The number of benzene rings is 1. The number of aromatic nitrogens is 3. The Morgan fingerprint density at radius 3 is 2.58 bits per heavy atom. The van der Waals surface area contributed by atoms with Crippen molar-refractivity contribution < 1.29 is 4.79 Å². The maximum Gasteiger partial charge on any atom is 0.264 e. The number of carbonyl (C=O) groups excluding carboxylic acids is 1. The third-order valence-corrected chi connectivity index (χ3v) is 7.07. The van der Waals surface area contributed by atoms with E-state index < -0.39 is 0 Å². The number of para-hydroxylation sites is 1. The Balaban J connectivity index is 1.33. The summed E-state index contributed by atoms with van der Waals surface area (Å²) in [4.78, 5) is 23.3. The number of carbonyl (C=O) groups is 1. The van der Waals surface area contributed by atoms with Crippen molar-refractivity contribution in [3.8, 4) is 5.69 Å². The van der Waals surface area contributed by atoms with Gasteiger partial charge in [-0.3, -0.25) is 14.7 Å². The molecule has 0 spiro atoms. The molecule has 158 valence electrons. The number of rotatable bonds is 4. The lowest BCUT2D eigenvalue weighted by Crippen LogP contribution is -2.48. The van der Waals surface area contributed by atoms with E-state index in [0.29, 0.717) is 5.02 Å². The fourth-order valence-electron chi connectivity index (χ4n) is 3.95. The van der Waals surface area contributed by atoms with Crippen LogP contribution in [0.2, 0.25) is 5.02 Å². The molecule has 1 fully saturated rings. The van der Waals surface area contributed by atoms with Gasteiger partial charge in [0.15, 0.2) is 0 Å². The van der Waals surface area contributed by atoms with Crippen molar-refractivity contribution in [2.75, 3.05) is 26.2 Å². The smallest absolute Gasteiger partial charge is 0.264 e. The third kappa shape index (κ3) is 3.96. The molecule has 31 heavy (non-hydrogen) atoms. The largest absolute Gasteiger partial charge is 0.335 e. The summed E-state index contributed by atoms with van der Waals surface area (Å²) < 4.78 is 1.85. The van der Waals surface area contributed by atoms with Crippen LogP contribution in [0.5, 0.6) is 0 Å². The number of fused-ring (bicyclic) bond motifs is 1. The maximum absolute atomic E-state index is 13.2. The van der Waals surface area contributed by atoms with Crippen molar-refractivity contribution in [2.45, 2.75) is 13.5 Å². The molecular weight excluding hydrogens is 430 g/mol. The van der Waals surface area contributed by atoms with Gasteiger partial charge in [-0.15, -0.1) is 11.3 Å². The molecule has 4 aromatic rings. The van der Waals surface area contributed by atoms with E-state index in [1.165, 1.54) is 16.9 Å². The van der Waals surface area contributed by atoms with E-state index in [-0.39, 0.29) is 5.91 Å². The zero-order chi connectivity index (χ0) is 21.4. The quantitative estimate of drug-likeness (QED) is 0.461. The minimum atomic E-state index is 0.0925. The summed E-state index contributed by atoms with van der Waals surface area (Å²) in [5.74, 6) is 0.0925. The lowest BCUT2D eigenvalue weighted by molar-refractivity contribution is 0.0633. The summed E-state index contributed by atoms with van der Waals surface area (Å²) in [7, 11) is 0. The highest BCUT2D eigenvalue weighted by molar-refractivity contribution is 7.20. The fourth-order valence-corrected chi connectivity index (χ4v) is 5.31. The molecule has 0 atom stereocenters. The van der Waals surface area contributed by atoms with Gasteiger partial charge in [0.2, 0.25) is 0 Å². The first-order valence-electron chi connectivity index (χ1n) is 10.2. The second-order valence-corrected chi connectivity index (χ2v) is 9.14. The minimum Gasteiger partial charge on any atom is -0.335 e. The van der Waals surface area contributed by atoms with E-state index in [9.17, 15) is 4.79 Å². The summed E-state index contributed by atoms with van der Waals surface area (Å²) >= 11 is 7.88. The number of hydrogen-bond acceptors (Lipinski definition) is 5. The van der Waals surface area contributed by atoms with E-state index in [1.54, 1.807) is 0 Å². The number of halogens is 1. The van der Waals surface area contributed by atoms with Crippen molar-refractivity contribution in [3.05, 3.63) is 76.0 Å². The van der Waals surface area contributed by atoms with Crippen LogP contribution in [-0.2, 0) is 6.54 Å². The average Bonchev–Trinajstić information content (AvgIpc) is 3.36. The Kier molecular flexibility index (Phi) is 5.48. The number of nitrogens with zero attached hydrogens (tertiary/aromatic N) is 5. The number of hydrogen-bond donors (Lipinski definition) is 0. The number of aryl methyl sites for hydroxylation is 1. The predicted octanol–water partition coefficient (Wildman–Crippen LogP) is 4.40. The Morgan fingerprint density at radius 1 is 1.10 bits per heavy atom. The molecule has 1 aliphatic rings. The highest BCUT2D eigenvalue weighted by Crippen LogP contribution is 2.33. The Bertz CT molecular complexity index is 1230. The molecule has 8 heteroatoms. The molecule has 6 nitrogen and oxygen atoms in total. The molecule has 0 bridgehead atoms. The van der Waals surface area contributed by atoms with Gasteiger partial charge < -0.3 is 4.90 Å². The molecule has 1 aliphatic heterocycles. The molecule has 1 amide bonds. The molecule has 0 saturated carbocycles. The molecule has 0 radical (unpaired) electrons. The highest BCUT2D eigenvalue weighted by Gasteiger charge is 2.25. The molecule has 1 saturated heterocycles. The van der Waals surface area contributed by atoms with Crippen molar-refractivity contribution in [2.24, 2.45) is 0 Å². The highest BCUT2D eigenvalue weighted by atomic mass is 35.5. The van der Waals surface area contributed by atoms with E-state index in [1.807, 2.05) is 71.4 Å². The first-order chi connectivity index (χ1) is 15.1. The van der Waals surface area contributed by atoms with Gasteiger partial charge in [-0.05, 0) is 42.8 Å². The van der Waals surface area contributed by atoms with Crippen LogP contribution < -0.4 is 0 Å². The maximum atomic E-state index is 13.2. The van der Waals surface area contributed by atoms with E-state index in [2.05, 4.69) is 15.0 Å². The van der Waals surface area contributed by atoms with Gasteiger partial charge in [-0.25, -0.2) is 4.68 Å². The molecule has 0 aliphatic carbocycles. The summed E-state index contributed by atoms with van der Waals surface area (Å²) in [6, 6.07) is 13.7. The number of pyridine rings is 1. The van der Waals surface area contributed by atoms with Crippen LogP contribution in [0.1, 0.15) is 20.9 Å². The van der Waals surface area contributed by atoms with Crippen molar-refractivity contribution in [3.63, 3.8) is 0 Å². The number of piperazine rings is 1. The topological polar surface area (TPSA) is 54.3 Å². The van der Waals surface area contributed by atoms with Crippen LogP contribution in [0.25, 0.3) is 15.9 Å². The summed E-state index contributed by atoms with van der Waals surface area (Å²) in [6.07, 6.45) is 3.64. The molecule has 3 aromatic heterocycles. The summed E-state index contributed by atoms with van der Waals surface area (Å²) in [5.41, 5.74) is 2.97.